The number of carbonyl (C=O) groups is 1. The Bertz CT molecular complexity index is 777. The van der Waals surface area contributed by atoms with E-state index in [1.165, 1.54) is 44.1 Å². The molecule has 0 saturated heterocycles. The molecule has 2 bridgehead atoms. The molecule has 6 nitrogen and oxygen atoms in total. The van der Waals surface area contributed by atoms with Crippen molar-refractivity contribution in [1.82, 2.24) is 5.32 Å². The summed E-state index contributed by atoms with van der Waals surface area (Å²) in [6, 6.07) is 7.87. The molecule has 3 saturated carbocycles. The number of nitrogens with two attached hydrogens (primary N) is 1. The Morgan fingerprint density at radius 3 is 2.29 bits per heavy atom. The second-order valence-electron chi connectivity index (χ2n) is 11.8. The van der Waals surface area contributed by atoms with Crippen LogP contribution >= 0.6 is 0 Å². The zero-order chi connectivity index (χ0) is 24.1. The van der Waals surface area contributed by atoms with E-state index in [-0.39, 0.29) is 12.2 Å². The summed E-state index contributed by atoms with van der Waals surface area (Å²) in [6.07, 6.45) is 12.1. The molecular weight excluding hydrogens is 428 g/mol. The molecule has 3 aliphatic carbocycles. The predicted molar refractivity (Wildman–Crippen MR) is 134 cm³/mol. The number of hydrogen-bond donors (Lipinski definition) is 2. The molecule has 0 radical (unpaired) electrons. The number of hydrogen-bond acceptors (Lipinski definition) is 5. The Morgan fingerprint density at radius 1 is 0.971 bits per heavy atom. The largest absolute Gasteiger partial charge is 0.412 e. The maximum absolute atomic E-state index is 12.0. The summed E-state index contributed by atoms with van der Waals surface area (Å²) in [4.78, 5) is 24.1. The number of fused-ring (bicyclic) bond motifs is 2. The maximum atomic E-state index is 12.0. The zero-order valence-corrected chi connectivity index (χ0v) is 21.3. The SMILES string of the molecule is CCC1CC2CC(C1)CC(OO[C@@H]1CCC[C@@H](c3ccc(OC(=O)NCC(C)(C)N)cc3)C1)C2. The van der Waals surface area contributed by atoms with Crippen LogP contribution in [0, 0.1) is 17.8 Å². The summed E-state index contributed by atoms with van der Waals surface area (Å²) in [7, 11) is 0. The highest BCUT2D eigenvalue weighted by atomic mass is 17.2. The van der Waals surface area contributed by atoms with Gasteiger partial charge in [-0.25, -0.2) is 14.6 Å². The van der Waals surface area contributed by atoms with Gasteiger partial charge in [-0.05, 0) is 107 Å². The molecule has 34 heavy (non-hydrogen) atoms. The van der Waals surface area contributed by atoms with Crippen LogP contribution in [-0.4, -0.2) is 30.4 Å². The summed E-state index contributed by atoms with van der Waals surface area (Å²) in [5.41, 5.74) is 6.69. The van der Waals surface area contributed by atoms with Crippen molar-refractivity contribution in [1.29, 1.82) is 0 Å². The van der Waals surface area contributed by atoms with Crippen molar-refractivity contribution in [2.75, 3.05) is 6.54 Å². The van der Waals surface area contributed by atoms with Gasteiger partial charge in [-0.15, -0.1) is 0 Å². The number of amides is 1. The van der Waals surface area contributed by atoms with E-state index in [4.69, 9.17) is 20.2 Å². The highest BCUT2D eigenvalue weighted by Crippen LogP contribution is 2.45. The first kappa shape index (κ1) is 25.5. The average molecular weight is 473 g/mol. The molecule has 1 aromatic rings. The van der Waals surface area contributed by atoms with E-state index in [1.54, 1.807) is 0 Å². The van der Waals surface area contributed by atoms with Gasteiger partial charge in [0.25, 0.3) is 0 Å². The van der Waals surface area contributed by atoms with Gasteiger partial charge in [0.1, 0.15) is 5.75 Å². The Hall–Kier alpha value is -1.63. The summed E-state index contributed by atoms with van der Waals surface area (Å²) < 4.78 is 5.37. The lowest BCUT2D eigenvalue weighted by Crippen LogP contribution is -2.45. The lowest BCUT2D eigenvalue weighted by Gasteiger charge is -2.42. The molecule has 3 fully saturated rings. The van der Waals surface area contributed by atoms with Crippen molar-refractivity contribution in [2.24, 2.45) is 23.5 Å². The van der Waals surface area contributed by atoms with Crippen LogP contribution in [0.2, 0.25) is 0 Å². The van der Waals surface area contributed by atoms with Gasteiger partial charge >= 0.3 is 6.09 Å². The summed E-state index contributed by atoms with van der Waals surface area (Å²) in [5.74, 6) is 3.56. The van der Waals surface area contributed by atoms with Crippen LogP contribution in [0.15, 0.2) is 24.3 Å². The molecule has 0 aromatic heterocycles. The first-order valence-electron chi connectivity index (χ1n) is 13.4. The van der Waals surface area contributed by atoms with Crippen LogP contribution in [0.1, 0.15) is 96.5 Å². The van der Waals surface area contributed by atoms with Crippen molar-refractivity contribution in [2.45, 2.75) is 109 Å². The monoisotopic (exact) mass is 472 g/mol. The van der Waals surface area contributed by atoms with Gasteiger partial charge < -0.3 is 15.8 Å². The van der Waals surface area contributed by atoms with E-state index in [2.05, 4.69) is 24.4 Å². The van der Waals surface area contributed by atoms with Crippen molar-refractivity contribution in [3.8, 4) is 5.75 Å². The molecular formula is C28H44N2O4. The quantitative estimate of drug-likeness (QED) is 0.353. The molecule has 1 aromatic carbocycles. The minimum Gasteiger partial charge on any atom is -0.410 e. The molecule has 0 heterocycles. The third kappa shape index (κ3) is 7.43. The minimum atomic E-state index is -0.480. The number of rotatable bonds is 8. The van der Waals surface area contributed by atoms with E-state index in [9.17, 15) is 4.79 Å². The normalized spacial score (nSPS) is 31.6. The Balaban J connectivity index is 1.22. The highest BCUT2D eigenvalue weighted by molar-refractivity contribution is 5.70. The first-order valence-corrected chi connectivity index (χ1v) is 13.4. The van der Waals surface area contributed by atoms with Gasteiger partial charge in [0.2, 0.25) is 0 Å². The maximum Gasteiger partial charge on any atom is 0.412 e. The van der Waals surface area contributed by atoms with Gasteiger partial charge in [0.15, 0.2) is 0 Å². The van der Waals surface area contributed by atoms with E-state index >= 15 is 0 Å². The van der Waals surface area contributed by atoms with E-state index in [0.29, 0.717) is 18.2 Å². The number of nitrogens with one attached hydrogen (secondary N) is 1. The van der Waals surface area contributed by atoms with Crippen LogP contribution in [0.5, 0.6) is 5.75 Å². The molecule has 1 amide bonds. The summed E-state index contributed by atoms with van der Waals surface area (Å²) in [5, 5.41) is 2.70. The molecule has 4 rings (SSSR count). The number of carbonyl (C=O) groups excluding carboxylic acids is 1. The average Bonchev–Trinajstić information content (AvgIpc) is 2.81. The van der Waals surface area contributed by atoms with Crippen molar-refractivity contribution in [3.63, 3.8) is 0 Å². The van der Waals surface area contributed by atoms with Gasteiger partial charge in [-0.3, -0.25) is 0 Å². The number of ether oxygens (including phenoxy) is 1. The summed E-state index contributed by atoms with van der Waals surface area (Å²) in [6.45, 7) is 6.41. The fraction of sp³-hybridized carbons (Fsp3) is 0.750. The smallest absolute Gasteiger partial charge is 0.410 e. The highest BCUT2D eigenvalue weighted by Gasteiger charge is 2.37. The topological polar surface area (TPSA) is 82.8 Å². The molecule has 0 spiro atoms. The van der Waals surface area contributed by atoms with Crippen molar-refractivity contribution >= 4 is 6.09 Å². The van der Waals surface area contributed by atoms with Crippen molar-refractivity contribution < 1.29 is 19.3 Å². The van der Waals surface area contributed by atoms with Gasteiger partial charge in [-0.1, -0.05) is 31.9 Å². The lowest BCUT2D eigenvalue weighted by molar-refractivity contribution is -0.363. The second-order valence-corrected chi connectivity index (χ2v) is 11.8. The Kier molecular flexibility index (Phi) is 8.54. The summed E-state index contributed by atoms with van der Waals surface area (Å²) >= 11 is 0. The van der Waals surface area contributed by atoms with Crippen LogP contribution < -0.4 is 15.8 Å². The molecule has 190 valence electrons. The molecule has 3 N–H and O–H groups in total. The number of benzene rings is 1. The van der Waals surface area contributed by atoms with Crippen molar-refractivity contribution in [3.05, 3.63) is 29.8 Å². The van der Waals surface area contributed by atoms with Gasteiger partial charge in [0.05, 0.1) is 12.2 Å². The molecule has 4 atom stereocenters. The molecule has 3 aliphatic rings. The van der Waals surface area contributed by atoms with Crippen LogP contribution in [0.4, 0.5) is 4.79 Å². The fourth-order valence-electron chi connectivity index (χ4n) is 6.28. The second kappa shape index (κ2) is 11.4. The third-order valence-electron chi connectivity index (χ3n) is 7.97. The zero-order valence-electron chi connectivity index (χ0n) is 21.3. The lowest BCUT2D eigenvalue weighted by atomic mass is 9.66. The molecule has 0 aliphatic heterocycles. The first-order chi connectivity index (χ1) is 16.3. The Morgan fingerprint density at radius 2 is 1.65 bits per heavy atom. The predicted octanol–water partition coefficient (Wildman–Crippen LogP) is 6.09. The van der Waals surface area contributed by atoms with Crippen LogP contribution in [0.25, 0.3) is 0 Å². The van der Waals surface area contributed by atoms with E-state index in [0.717, 1.165) is 43.4 Å². The molecule has 2 unspecified atom stereocenters. The third-order valence-corrected chi connectivity index (χ3v) is 7.97. The Labute approximate surface area is 205 Å². The van der Waals surface area contributed by atoms with Crippen LogP contribution in [-0.2, 0) is 9.78 Å². The standard InChI is InChI=1S/C28H44N2O4/c1-4-19-12-20-14-21(13-19)16-26(15-20)34-33-25-7-5-6-23(17-25)22-8-10-24(11-9-22)32-27(31)30-18-28(2,3)29/h8-11,19-21,23,25-26H,4-7,12-18,29H2,1-3H3,(H,30,31)/t19?,20?,21?,23-,25-,26?/m1/s1. The van der Waals surface area contributed by atoms with E-state index < -0.39 is 11.6 Å². The van der Waals surface area contributed by atoms with Gasteiger partial charge in [-0.2, -0.15) is 0 Å². The van der Waals surface area contributed by atoms with Gasteiger partial charge in [0, 0.05) is 12.1 Å². The van der Waals surface area contributed by atoms with E-state index in [1.807, 2.05) is 26.0 Å². The minimum absolute atomic E-state index is 0.158. The van der Waals surface area contributed by atoms with Crippen LogP contribution in [0.3, 0.4) is 0 Å². The fourth-order valence-corrected chi connectivity index (χ4v) is 6.28. The molecule has 6 heteroatoms.